The maximum absolute atomic E-state index is 13.4. The Labute approximate surface area is 186 Å². The van der Waals surface area contributed by atoms with Crippen molar-refractivity contribution in [3.05, 3.63) is 46.7 Å². The van der Waals surface area contributed by atoms with Gasteiger partial charge in [-0.05, 0) is 36.8 Å². The Bertz CT molecular complexity index is 1000. The molecule has 1 aromatic carbocycles. The summed E-state index contributed by atoms with van der Waals surface area (Å²) in [6, 6.07) is 7.03. The summed E-state index contributed by atoms with van der Waals surface area (Å²) < 4.78 is 29.7. The lowest BCUT2D eigenvalue weighted by Crippen LogP contribution is -2.41. The summed E-state index contributed by atoms with van der Waals surface area (Å²) in [7, 11) is -3.17. The molecule has 0 bridgehead atoms. The van der Waals surface area contributed by atoms with Gasteiger partial charge in [-0.15, -0.1) is 0 Å². The van der Waals surface area contributed by atoms with Crippen molar-refractivity contribution in [3.8, 4) is 5.75 Å². The van der Waals surface area contributed by atoms with Crippen LogP contribution in [-0.4, -0.2) is 59.6 Å². The monoisotopic (exact) mass is 469 g/mol. The van der Waals surface area contributed by atoms with Crippen molar-refractivity contribution in [2.75, 3.05) is 24.4 Å². The highest BCUT2D eigenvalue weighted by Gasteiger charge is 2.36. The first-order valence-electron chi connectivity index (χ1n) is 9.62. The van der Waals surface area contributed by atoms with Gasteiger partial charge in [-0.1, -0.05) is 42.4 Å². The number of aromatic nitrogens is 2. The molecule has 1 fully saturated rings. The summed E-state index contributed by atoms with van der Waals surface area (Å²) in [6.07, 6.45) is 4.51. The van der Waals surface area contributed by atoms with Crippen molar-refractivity contribution in [2.24, 2.45) is 0 Å². The maximum atomic E-state index is 13.4. The third kappa shape index (κ3) is 5.65. The highest BCUT2D eigenvalue weighted by Crippen LogP contribution is 2.25. The number of rotatable bonds is 8. The van der Waals surface area contributed by atoms with E-state index in [1.165, 1.54) is 18.0 Å². The molecule has 162 valence electrons. The standard InChI is InChI=1S/C20H24ClN3O4S2/c1-3-9-28-16-6-4-14(5-7-16)12-24(15-8-10-30(26,27)13-15)19(25)18-17(21)11-22-20(23-18)29-2/h4-7,11,15H,3,8-10,12-13H2,1-2H3. The Morgan fingerprint density at radius 1 is 1.33 bits per heavy atom. The fraction of sp³-hybridized carbons (Fsp3) is 0.450. The fourth-order valence-electron chi connectivity index (χ4n) is 3.23. The second-order valence-corrected chi connectivity index (χ2v) is 10.4. The Balaban J connectivity index is 1.88. The van der Waals surface area contributed by atoms with Crippen LogP contribution in [0.2, 0.25) is 5.02 Å². The smallest absolute Gasteiger partial charge is 0.274 e. The molecular weight excluding hydrogens is 446 g/mol. The van der Waals surface area contributed by atoms with Crippen LogP contribution >= 0.6 is 23.4 Å². The molecule has 1 amide bonds. The minimum atomic E-state index is -3.17. The molecule has 1 saturated heterocycles. The van der Waals surface area contributed by atoms with Crippen LogP contribution in [-0.2, 0) is 16.4 Å². The molecule has 0 spiro atoms. The first-order valence-corrected chi connectivity index (χ1v) is 13.0. The van der Waals surface area contributed by atoms with Crippen LogP contribution in [0.3, 0.4) is 0 Å². The van der Waals surface area contributed by atoms with E-state index in [1.807, 2.05) is 31.2 Å². The van der Waals surface area contributed by atoms with E-state index < -0.39 is 21.8 Å². The van der Waals surface area contributed by atoms with E-state index in [-0.39, 0.29) is 28.8 Å². The van der Waals surface area contributed by atoms with E-state index in [0.29, 0.717) is 18.2 Å². The predicted octanol–water partition coefficient (Wildman–Crippen LogP) is 3.47. The van der Waals surface area contributed by atoms with Crippen LogP contribution in [0, 0.1) is 0 Å². The Kier molecular flexibility index (Phi) is 7.60. The fourth-order valence-corrected chi connectivity index (χ4v) is 5.47. The van der Waals surface area contributed by atoms with Crippen LogP contribution in [0.4, 0.5) is 0 Å². The van der Waals surface area contributed by atoms with Crippen molar-refractivity contribution >= 4 is 39.1 Å². The maximum Gasteiger partial charge on any atom is 0.274 e. The number of benzene rings is 1. The van der Waals surface area contributed by atoms with Gasteiger partial charge < -0.3 is 9.64 Å². The summed E-state index contributed by atoms with van der Waals surface area (Å²) in [4.78, 5) is 23.3. The van der Waals surface area contributed by atoms with Gasteiger partial charge in [-0.3, -0.25) is 4.79 Å². The topological polar surface area (TPSA) is 89.5 Å². The van der Waals surface area contributed by atoms with E-state index in [2.05, 4.69) is 9.97 Å². The minimum absolute atomic E-state index is 0.0610. The largest absolute Gasteiger partial charge is 0.494 e. The van der Waals surface area contributed by atoms with Gasteiger partial charge in [0, 0.05) is 12.6 Å². The third-order valence-corrected chi connectivity index (χ3v) is 7.36. The third-order valence-electron chi connectivity index (χ3n) is 4.77. The number of ether oxygens (including phenoxy) is 1. The number of halogens is 1. The summed E-state index contributed by atoms with van der Waals surface area (Å²) in [5, 5.41) is 0.575. The normalized spacial score (nSPS) is 17.6. The van der Waals surface area contributed by atoms with Gasteiger partial charge in [0.15, 0.2) is 20.7 Å². The quantitative estimate of drug-likeness (QED) is 0.432. The Morgan fingerprint density at radius 3 is 2.67 bits per heavy atom. The first-order chi connectivity index (χ1) is 14.3. The molecule has 1 aliphatic rings. The molecule has 1 aliphatic heterocycles. The molecule has 3 rings (SSSR count). The molecule has 0 saturated carbocycles. The van der Waals surface area contributed by atoms with Gasteiger partial charge in [0.25, 0.3) is 5.91 Å². The summed E-state index contributed by atoms with van der Waals surface area (Å²) in [6.45, 7) is 2.92. The van der Waals surface area contributed by atoms with E-state index in [0.717, 1.165) is 17.7 Å². The van der Waals surface area contributed by atoms with E-state index >= 15 is 0 Å². The molecule has 2 heterocycles. The number of hydrogen-bond acceptors (Lipinski definition) is 7. The number of hydrogen-bond donors (Lipinski definition) is 0. The SMILES string of the molecule is CCCOc1ccc(CN(C(=O)c2nc(SC)ncc2Cl)C2CCS(=O)(=O)C2)cc1. The number of thioether (sulfide) groups is 1. The average molecular weight is 470 g/mol. The van der Waals surface area contributed by atoms with Gasteiger partial charge in [0.2, 0.25) is 0 Å². The highest BCUT2D eigenvalue weighted by atomic mass is 35.5. The lowest BCUT2D eigenvalue weighted by molar-refractivity contribution is 0.0674. The number of carbonyl (C=O) groups excluding carboxylic acids is 1. The lowest BCUT2D eigenvalue weighted by atomic mass is 10.1. The second-order valence-electron chi connectivity index (χ2n) is 7.04. The van der Waals surface area contributed by atoms with E-state index in [1.54, 1.807) is 11.2 Å². The molecule has 7 nitrogen and oxygen atoms in total. The molecule has 1 aromatic heterocycles. The van der Waals surface area contributed by atoms with E-state index in [4.69, 9.17) is 16.3 Å². The molecular formula is C20H24ClN3O4S2. The molecule has 0 N–H and O–H groups in total. The van der Waals surface area contributed by atoms with Gasteiger partial charge in [0.1, 0.15) is 5.75 Å². The molecule has 1 atom stereocenters. The van der Waals surface area contributed by atoms with Crippen LogP contribution in [0.15, 0.2) is 35.6 Å². The average Bonchev–Trinajstić information content (AvgIpc) is 3.10. The van der Waals surface area contributed by atoms with Crippen molar-refractivity contribution in [2.45, 2.75) is 37.5 Å². The zero-order valence-electron chi connectivity index (χ0n) is 16.9. The van der Waals surface area contributed by atoms with Gasteiger partial charge in [-0.2, -0.15) is 0 Å². The zero-order chi connectivity index (χ0) is 21.7. The number of amides is 1. The van der Waals surface area contributed by atoms with Crippen LogP contribution < -0.4 is 4.74 Å². The van der Waals surface area contributed by atoms with Crippen molar-refractivity contribution in [3.63, 3.8) is 0 Å². The minimum Gasteiger partial charge on any atom is -0.494 e. The van der Waals surface area contributed by atoms with Gasteiger partial charge in [-0.25, -0.2) is 18.4 Å². The highest BCUT2D eigenvalue weighted by molar-refractivity contribution is 7.98. The number of carbonyl (C=O) groups is 1. The molecule has 1 unspecified atom stereocenters. The van der Waals surface area contributed by atoms with Crippen LogP contribution in [0.25, 0.3) is 0 Å². The summed E-state index contributed by atoms with van der Waals surface area (Å²) in [5.41, 5.74) is 0.954. The second kappa shape index (κ2) is 9.98. The van der Waals surface area contributed by atoms with Gasteiger partial charge in [0.05, 0.1) is 29.3 Å². The van der Waals surface area contributed by atoms with Crippen molar-refractivity contribution in [1.82, 2.24) is 14.9 Å². The van der Waals surface area contributed by atoms with E-state index in [9.17, 15) is 13.2 Å². The molecule has 30 heavy (non-hydrogen) atoms. The van der Waals surface area contributed by atoms with Crippen molar-refractivity contribution in [1.29, 1.82) is 0 Å². The Hall–Kier alpha value is -1.84. The summed E-state index contributed by atoms with van der Waals surface area (Å²) >= 11 is 7.51. The zero-order valence-corrected chi connectivity index (χ0v) is 19.3. The van der Waals surface area contributed by atoms with Crippen molar-refractivity contribution < 1.29 is 17.9 Å². The molecule has 2 aromatic rings. The molecule has 10 heteroatoms. The predicted molar refractivity (Wildman–Crippen MR) is 118 cm³/mol. The number of nitrogens with zero attached hydrogens (tertiary/aromatic N) is 3. The molecule has 0 radical (unpaired) electrons. The van der Waals surface area contributed by atoms with Crippen LogP contribution in [0.1, 0.15) is 35.8 Å². The summed E-state index contributed by atoms with van der Waals surface area (Å²) in [5.74, 6) is 0.365. The van der Waals surface area contributed by atoms with Gasteiger partial charge >= 0.3 is 0 Å². The lowest BCUT2D eigenvalue weighted by Gasteiger charge is -2.28. The first kappa shape index (κ1) is 22.8. The Morgan fingerprint density at radius 2 is 2.07 bits per heavy atom. The van der Waals surface area contributed by atoms with Crippen LogP contribution in [0.5, 0.6) is 5.75 Å². The molecule has 0 aliphatic carbocycles. The number of sulfone groups is 1.